The molecule has 7 nitrogen and oxygen atoms in total. The van der Waals surface area contributed by atoms with Crippen molar-refractivity contribution in [1.29, 1.82) is 0 Å². The van der Waals surface area contributed by atoms with Crippen molar-refractivity contribution in [2.45, 2.75) is 26.7 Å². The lowest BCUT2D eigenvalue weighted by Gasteiger charge is -2.08. The number of carbonyl (C=O) groups excluding carboxylic acids is 4. The van der Waals surface area contributed by atoms with Gasteiger partial charge in [-0.05, 0) is 30.2 Å². The van der Waals surface area contributed by atoms with Crippen LogP contribution < -0.4 is 5.32 Å². The average molecular weight is 411 g/mol. The Kier molecular flexibility index (Phi) is 8.75. The Morgan fingerprint density at radius 3 is 2.13 bits per heavy atom. The van der Waals surface area contributed by atoms with E-state index in [0.717, 1.165) is 0 Å². The summed E-state index contributed by atoms with van der Waals surface area (Å²) in [7, 11) is 0. The Bertz CT molecular complexity index is 874. The summed E-state index contributed by atoms with van der Waals surface area (Å²) in [6.07, 6.45) is -0.232. The summed E-state index contributed by atoms with van der Waals surface area (Å²) in [5.74, 6) is -1.49. The lowest BCUT2D eigenvalue weighted by atomic mass is 10.1. The van der Waals surface area contributed by atoms with E-state index in [1.807, 2.05) is 13.8 Å². The molecule has 158 valence electrons. The first-order valence-corrected chi connectivity index (χ1v) is 9.66. The van der Waals surface area contributed by atoms with Gasteiger partial charge in [-0.2, -0.15) is 0 Å². The number of carbonyl (C=O) groups is 4. The molecule has 0 spiro atoms. The Morgan fingerprint density at radius 1 is 0.833 bits per heavy atom. The summed E-state index contributed by atoms with van der Waals surface area (Å²) < 4.78 is 10.1. The molecule has 0 saturated heterocycles. The first kappa shape index (κ1) is 22.8. The number of ketones is 1. The largest absolute Gasteiger partial charge is 0.462 e. The van der Waals surface area contributed by atoms with Crippen molar-refractivity contribution in [1.82, 2.24) is 0 Å². The van der Waals surface area contributed by atoms with Crippen LogP contribution in [0.1, 0.15) is 47.4 Å². The number of nitrogens with one attached hydrogen (secondary N) is 1. The molecule has 30 heavy (non-hydrogen) atoms. The summed E-state index contributed by atoms with van der Waals surface area (Å²) in [6, 6.07) is 14.8. The maximum Gasteiger partial charge on any atom is 0.338 e. The molecular weight excluding hydrogens is 386 g/mol. The van der Waals surface area contributed by atoms with Crippen molar-refractivity contribution < 1.29 is 28.7 Å². The number of anilines is 1. The van der Waals surface area contributed by atoms with Gasteiger partial charge in [-0.1, -0.05) is 44.2 Å². The summed E-state index contributed by atoms with van der Waals surface area (Å²) in [6.45, 7) is 3.87. The van der Waals surface area contributed by atoms with Crippen molar-refractivity contribution in [3.63, 3.8) is 0 Å². The number of Topliss-reactive ketones (excluding diaryl/α,β-unsaturated/α-hetero) is 1. The van der Waals surface area contributed by atoms with Crippen LogP contribution in [0.15, 0.2) is 54.6 Å². The van der Waals surface area contributed by atoms with Gasteiger partial charge in [-0.3, -0.25) is 14.4 Å². The molecule has 0 aliphatic heterocycles. The number of hydrogen-bond acceptors (Lipinski definition) is 6. The summed E-state index contributed by atoms with van der Waals surface area (Å²) >= 11 is 0. The van der Waals surface area contributed by atoms with Gasteiger partial charge >= 0.3 is 11.9 Å². The second kappa shape index (κ2) is 11.5. The molecule has 0 aliphatic carbocycles. The third-order valence-corrected chi connectivity index (χ3v) is 3.97. The van der Waals surface area contributed by atoms with Crippen LogP contribution in [-0.2, 0) is 19.1 Å². The van der Waals surface area contributed by atoms with Crippen molar-refractivity contribution in [2.24, 2.45) is 5.92 Å². The van der Waals surface area contributed by atoms with Gasteiger partial charge in [0.2, 0.25) is 5.91 Å². The normalized spacial score (nSPS) is 10.4. The Hall–Kier alpha value is -3.48. The van der Waals surface area contributed by atoms with E-state index in [0.29, 0.717) is 23.4 Å². The highest BCUT2D eigenvalue weighted by Crippen LogP contribution is 2.12. The number of hydrogen-bond donors (Lipinski definition) is 1. The predicted octanol–water partition coefficient (Wildman–Crippen LogP) is 3.64. The number of rotatable bonds is 10. The van der Waals surface area contributed by atoms with E-state index >= 15 is 0 Å². The molecule has 7 heteroatoms. The van der Waals surface area contributed by atoms with E-state index in [2.05, 4.69) is 5.32 Å². The van der Waals surface area contributed by atoms with Crippen molar-refractivity contribution in [3.05, 3.63) is 65.7 Å². The van der Waals surface area contributed by atoms with Gasteiger partial charge in [0.1, 0.15) is 0 Å². The predicted molar refractivity (Wildman–Crippen MR) is 111 cm³/mol. The van der Waals surface area contributed by atoms with Gasteiger partial charge in [0.25, 0.3) is 0 Å². The third-order valence-electron chi connectivity index (χ3n) is 3.97. The minimum atomic E-state index is -0.627. The van der Waals surface area contributed by atoms with E-state index in [1.54, 1.807) is 54.6 Å². The number of esters is 2. The van der Waals surface area contributed by atoms with Crippen molar-refractivity contribution >= 4 is 29.3 Å². The standard InChI is InChI=1S/C23H25NO6/c1-16(2)14-30-23(28)18-8-10-19(11-9-18)24-21(26)12-13-22(27)29-15-20(25)17-6-4-3-5-7-17/h3-11,16H,12-15H2,1-2H3,(H,24,26). The highest BCUT2D eigenvalue weighted by Gasteiger charge is 2.13. The summed E-state index contributed by atoms with van der Waals surface area (Å²) in [4.78, 5) is 47.5. The Labute approximate surface area is 175 Å². The van der Waals surface area contributed by atoms with Crippen LogP contribution in [0.25, 0.3) is 0 Å². The SMILES string of the molecule is CC(C)COC(=O)c1ccc(NC(=O)CCC(=O)OCC(=O)c2ccccc2)cc1. The summed E-state index contributed by atoms with van der Waals surface area (Å²) in [5, 5.41) is 2.64. The minimum Gasteiger partial charge on any atom is -0.462 e. The first-order chi connectivity index (χ1) is 14.3. The van der Waals surface area contributed by atoms with E-state index in [4.69, 9.17) is 9.47 Å². The lowest BCUT2D eigenvalue weighted by Crippen LogP contribution is -2.17. The molecule has 0 saturated carbocycles. The maximum absolute atomic E-state index is 12.0. The molecule has 2 rings (SSSR count). The molecular formula is C23H25NO6. The Morgan fingerprint density at radius 2 is 1.50 bits per heavy atom. The molecule has 0 heterocycles. The first-order valence-electron chi connectivity index (χ1n) is 9.66. The van der Waals surface area contributed by atoms with Crippen LogP contribution in [-0.4, -0.2) is 36.8 Å². The lowest BCUT2D eigenvalue weighted by molar-refractivity contribution is -0.143. The fourth-order valence-corrected chi connectivity index (χ4v) is 2.38. The van der Waals surface area contributed by atoms with E-state index < -0.39 is 11.9 Å². The molecule has 1 amide bonds. The minimum absolute atomic E-state index is 0.0868. The molecule has 0 unspecified atom stereocenters. The quantitative estimate of drug-likeness (QED) is 0.473. The van der Waals surface area contributed by atoms with Gasteiger partial charge in [0.15, 0.2) is 12.4 Å². The third kappa shape index (κ3) is 7.87. The van der Waals surface area contributed by atoms with Crippen molar-refractivity contribution in [3.8, 4) is 0 Å². The topological polar surface area (TPSA) is 98.8 Å². The molecule has 0 radical (unpaired) electrons. The smallest absolute Gasteiger partial charge is 0.338 e. The zero-order chi connectivity index (χ0) is 21.9. The number of benzene rings is 2. The zero-order valence-electron chi connectivity index (χ0n) is 17.1. The molecule has 2 aromatic rings. The molecule has 2 aromatic carbocycles. The van der Waals surface area contributed by atoms with Crippen LogP contribution in [0.5, 0.6) is 0 Å². The Balaban J connectivity index is 1.71. The fraction of sp³-hybridized carbons (Fsp3) is 0.304. The molecule has 0 fully saturated rings. The van der Waals surface area contributed by atoms with E-state index in [1.165, 1.54) is 0 Å². The van der Waals surface area contributed by atoms with Gasteiger partial charge in [-0.15, -0.1) is 0 Å². The highest BCUT2D eigenvalue weighted by atomic mass is 16.5. The van der Waals surface area contributed by atoms with Gasteiger partial charge in [0.05, 0.1) is 18.6 Å². The zero-order valence-corrected chi connectivity index (χ0v) is 17.1. The van der Waals surface area contributed by atoms with Crippen molar-refractivity contribution in [2.75, 3.05) is 18.5 Å². The second-order valence-electron chi connectivity index (χ2n) is 7.07. The number of amides is 1. The van der Waals surface area contributed by atoms with E-state index in [9.17, 15) is 19.2 Å². The van der Waals surface area contributed by atoms with Gasteiger partial charge in [0, 0.05) is 17.7 Å². The van der Waals surface area contributed by atoms with Crippen LogP contribution in [0, 0.1) is 5.92 Å². The maximum atomic E-state index is 12.0. The summed E-state index contributed by atoms with van der Waals surface area (Å²) in [5.41, 5.74) is 1.34. The van der Waals surface area contributed by atoms with Crippen LogP contribution >= 0.6 is 0 Å². The highest BCUT2D eigenvalue weighted by molar-refractivity contribution is 5.98. The van der Waals surface area contributed by atoms with Gasteiger partial charge in [-0.25, -0.2) is 4.79 Å². The number of ether oxygens (including phenoxy) is 2. The molecule has 0 aliphatic rings. The van der Waals surface area contributed by atoms with E-state index in [-0.39, 0.29) is 37.1 Å². The molecule has 0 bridgehead atoms. The monoisotopic (exact) mass is 411 g/mol. The average Bonchev–Trinajstić information content (AvgIpc) is 2.75. The van der Waals surface area contributed by atoms with Crippen LogP contribution in [0.3, 0.4) is 0 Å². The van der Waals surface area contributed by atoms with Crippen LogP contribution in [0.2, 0.25) is 0 Å². The molecule has 1 N–H and O–H groups in total. The molecule has 0 atom stereocenters. The van der Waals surface area contributed by atoms with Crippen LogP contribution in [0.4, 0.5) is 5.69 Å². The molecule has 0 aromatic heterocycles. The van der Waals surface area contributed by atoms with Gasteiger partial charge < -0.3 is 14.8 Å². The fourth-order valence-electron chi connectivity index (χ4n) is 2.38. The second-order valence-corrected chi connectivity index (χ2v) is 7.07.